The number of aromatic nitrogens is 2. The predicted octanol–water partition coefficient (Wildman–Crippen LogP) is 5.42. The molecule has 35 heavy (non-hydrogen) atoms. The normalized spacial score (nSPS) is 10.9. The smallest absolute Gasteiger partial charge is 0.254 e. The van der Waals surface area contributed by atoms with Gasteiger partial charge in [0.2, 0.25) is 5.91 Å². The Kier molecular flexibility index (Phi) is 7.35. The van der Waals surface area contributed by atoms with Gasteiger partial charge in [-0.25, -0.2) is 9.07 Å². The topological polar surface area (TPSA) is 67.2 Å². The third kappa shape index (κ3) is 6.00. The molecule has 3 aromatic carbocycles. The predicted molar refractivity (Wildman–Crippen MR) is 135 cm³/mol. The molecule has 0 saturated heterocycles. The van der Waals surface area contributed by atoms with Crippen molar-refractivity contribution in [2.75, 3.05) is 18.4 Å². The molecule has 0 bridgehead atoms. The van der Waals surface area contributed by atoms with Crippen LogP contribution in [0, 0.1) is 11.7 Å². The average Bonchev–Trinajstić information content (AvgIpc) is 3.28. The highest BCUT2D eigenvalue weighted by molar-refractivity contribution is 5.99. The fourth-order valence-electron chi connectivity index (χ4n) is 3.78. The van der Waals surface area contributed by atoms with Gasteiger partial charge in [-0.15, -0.1) is 0 Å². The second kappa shape index (κ2) is 10.8. The summed E-state index contributed by atoms with van der Waals surface area (Å²) in [6.45, 7) is 4.33. The van der Waals surface area contributed by atoms with Crippen LogP contribution in [0.4, 0.5) is 10.2 Å². The molecule has 0 radical (unpaired) electrons. The molecule has 1 aromatic heterocycles. The summed E-state index contributed by atoms with van der Waals surface area (Å²) in [4.78, 5) is 27.7. The molecule has 0 unspecified atom stereocenters. The second-order valence-electron chi connectivity index (χ2n) is 8.66. The van der Waals surface area contributed by atoms with Gasteiger partial charge in [0.1, 0.15) is 18.2 Å². The maximum Gasteiger partial charge on any atom is 0.254 e. The lowest BCUT2D eigenvalue weighted by Gasteiger charge is -2.24. The SMILES string of the molecule is CC(C)CN(CC(=O)Nc1cc(-c2ccccc2)nn1-c1ccc(F)cc1)C(=O)c1ccccc1. The molecule has 0 spiro atoms. The van der Waals surface area contributed by atoms with Crippen LogP contribution in [-0.4, -0.2) is 39.6 Å². The first-order valence-corrected chi connectivity index (χ1v) is 11.5. The van der Waals surface area contributed by atoms with Crippen molar-refractivity contribution in [3.05, 3.63) is 102 Å². The minimum Gasteiger partial charge on any atom is -0.329 e. The Morgan fingerprint density at radius 3 is 2.20 bits per heavy atom. The van der Waals surface area contributed by atoms with Gasteiger partial charge in [-0.3, -0.25) is 9.59 Å². The molecular weight excluding hydrogens is 443 g/mol. The van der Waals surface area contributed by atoms with Crippen LogP contribution in [0.5, 0.6) is 0 Å². The van der Waals surface area contributed by atoms with Crippen molar-refractivity contribution < 1.29 is 14.0 Å². The zero-order valence-corrected chi connectivity index (χ0v) is 19.7. The minimum atomic E-state index is -0.362. The lowest BCUT2D eigenvalue weighted by molar-refractivity contribution is -0.117. The Bertz CT molecular complexity index is 1290. The fourth-order valence-corrected chi connectivity index (χ4v) is 3.78. The van der Waals surface area contributed by atoms with Crippen molar-refractivity contribution in [2.45, 2.75) is 13.8 Å². The quantitative estimate of drug-likeness (QED) is 0.374. The molecule has 0 aliphatic heterocycles. The maximum absolute atomic E-state index is 13.5. The summed E-state index contributed by atoms with van der Waals surface area (Å²) in [5, 5.41) is 7.54. The van der Waals surface area contributed by atoms with Gasteiger partial charge in [0, 0.05) is 23.7 Å². The van der Waals surface area contributed by atoms with Crippen molar-refractivity contribution in [3.8, 4) is 16.9 Å². The molecule has 4 rings (SSSR count). The molecule has 2 amide bonds. The number of anilines is 1. The Morgan fingerprint density at radius 1 is 0.943 bits per heavy atom. The molecule has 0 aliphatic carbocycles. The third-order valence-corrected chi connectivity index (χ3v) is 5.35. The number of carbonyl (C=O) groups is 2. The Morgan fingerprint density at radius 2 is 1.57 bits per heavy atom. The largest absolute Gasteiger partial charge is 0.329 e. The van der Waals surface area contributed by atoms with Crippen LogP contribution >= 0.6 is 0 Å². The van der Waals surface area contributed by atoms with E-state index in [4.69, 9.17) is 0 Å². The highest BCUT2D eigenvalue weighted by Crippen LogP contribution is 2.25. The van der Waals surface area contributed by atoms with Crippen LogP contribution in [0.15, 0.2) is 91.0 Å². The van der Waals surface area contributed by atoms with E-state index in [0.29, 0.717) is 29.3 Å². The third-order valence-electron chi connectivity index (χ3n) is 5.35. The minimum absolute atomic E-state index is 0.110. The van der Waals surface area contributed by atoms with E-state index in [9.17, 15) is 14.0 Å². The van der Waals surface area contributed by atoms with Gasteiger partial charge in [-0.05, 0) is 42.3 Å². The molecule has 0 fully saturated rings. The van der Waals surface area contributed by atoms with Crippen molar-refractivity contribution in [3.63, 3.8) is 0 Å². The molecule has 0 aliphatic rings. The van der Waals surface area contributed by atoms with Crippen LogP contribution < -0.4 is 5.32 Å². The molecule has 6 nitrogen and oxygen atoms in total. The van der Waals surface area contributed by atoms with Crippen molar-refractivity contribution in [1.29, 1.82) is 0 Å². The van der Waals surface area contributed by atoms with Gasteiger partial charge in [-0.2, -0.15) is 5.10 Å². The summed E-state index contributed by atoms with van der Waals surface area (Å²) in [5.41, 5.74) is 2.67. The highest BCUT2D eigenvalue weighted by atomic mass is 19.1. The number of hydrogen-bond acceptors (Lipinski definition) is 3. The maximum atomic E-state index is 13.5. The number of nitrogens with zero attached hydrogens (tertiary/aromatic N) is 3. The number of amides is 2. The lowest BCUT2D eigenvalue weighted by atomic mass is 10.1. The van der Waals surface area contributed by atoms with Gasteiger partial charge in [0.15, 0.2) is 0 Å². The summed E-state index contributed by atoms with van der Waals surface area (Å²) in [7, 11) is 0. The summed E-state index contributed by atoms with van der Waals surface area (Å²) in [6.07, 6.45) is 0. The van der Waals surface area contributed by atoms with Gasteiger partial charge in [0.05, 0.1) is 11.4 Å². The first kappa shape index (κ1) is 23.9. The second-order valence-corrected chi connectivity index (χ2v) is 8.66. The number of hydrogen-bond donors (Lipinski definition) is 1. The first-order chi connectivity index (χ1) is 16.9. The summed E-state index contributed by atoms with van der Waals surface area (Å²) < 4.78 is 15.1. The molecule has 178 valence electrons. The van der Waals surface area contributed by atoms with Gasteiger partial charge < -0.3 is 10.2 Å². The van der Waals surface area contributed by atoms with Gasteiger partial charge >= 0.3 is 0 Å². The van der Waals surface area contributed by atoms with Crippen LogP contribution in [0.3, 0.4) is 0 Å². The van der Waals surface area contributed by atoms with Crippen LogP contribution in [0.2, 0.25) is 0 Å². The fraction of sp³-hybridized carbons (Fsp3) is 0.179. The van der Waals surface area contributed by atoms with Crippen LogP contribution in [0.25, 0.3) is 16.9 Å². The van der Waals surface area contributed by atoms with E-state index in [0.717, 1.165) is 5.56 Å². The van der Waals surface area contributed by atoms with E-state index in [-0.39, 0.29) is 30.1 Å². The zero-order valence-electron chi connectivity index (χ0n) is 19.7. The zero-order chi connectivity index (χ0) is 24.8. The summed E-state index contributed by atoms with van der Waals surface area (Å²) in [5.74, 6) is -0.301. The highest BCUT2D eigenvalue weighted by Gasteiger charge is 2.21. The van der Waals surface area contributed by atoms with E-state index < -0.39 is 0 Å². The van der Waals surface area contributed by atoms with Crippen LogP contribution in [0.1, 0.15) is 24.2 Å². The van der Waals surface area contributed by atoms with Crippen LogP contribution in [-0.2, 0) is 4.79 Å². The first-order valence-electron chi connectivity index (χ1n) is 11.5. The molecule has 0 saturated carbocycles. The molecule has 0 atom stereocenters. The summed E-state index contributed by atoms with van der Waals surface area (Å²) >= 11 is 0. The standard InChI is InChI=1S/C28H27FN4O2/c1-20(2)18-32(28(35)22-11-7-4-8-12-22)19-27(34)30-26-17-25(21-9-5-3-6-10-21)31-33(26)24-15-13-23(29)14-16-24/h3-17,20H,18-19H2,1-2H3,(H,30,34). The molecule has 7 heteroatoms. The van der Waals surface area contributed by atoms with E-state index in [1.807, 2.05) is 50.2 Å². The van der Waals surface area contributed by atoms with Crippen molar-refractivity contribution in [2.24, 2.45) is 5.92 Å². The van der Waals surface area contributed by atoms with E-state index >= 15 is 0 Å². The number of carbonyl (C=O) groups excluding carboxylic acids is 2. The molecule has 1 heterocycles. The molecule has 1 N–H and O–H groups in total. The van der Waals surface area contributed by atoms with E-state index in [2.05, 4.69) is 10.4 Å². The summed E-state index contributed by atoms with van der Waals surface area (Å²) in [6, 6.07) is 26.1. The number of rotatable bonds is 8. The Balaban J connectivity index is 1.61. The van der Waals surface area contributed by atoms with Gasteiger partial charge in [-0.1, -0.05) is 62.4 Å². The Labute approximate surface area is 204 Å². The van der Waals surface area contributed by atoms with Gasteiger partial charge in [0.25, 0.3) is 5.91 Å². The van der Waals surface area contributed by atoms with Crippen molar-refractivity contribution >= 4 is 17.6 Å². The van der Waals surface area contributed by atoms with E-state index in [1.165, 1.54) is 12.1 Å². The Hall–Kier alpha value is -4.26. The monoisotopic (exact) mass is 470 g/mol. The lowest BCUT2D eigenvalue weighted by Crippen LogP contribution is -2.40. The molecule has 4 aromatic rings. The molecular formula is C28H27FN4O2. The van der Waals surface area contributed by atoms with E-state index in [1.54, 1.807) is 52.0 Å². The average molecular weight is 471 g/mol. The number of benzene rings is 3. The van der Waals surface area contributed by atoms with Crippen molar-refractivity contribution in [1.82, 2.24) is 14.7 Å². The number of nitrogens with one attached hydrogen (secondary N) is 1. The number of halogens is 1.